The summed E-state index contributed by atoms with van der Waals surface area (Å²) in [5.41, 5.74) is 2.48. The highest BCUT2D eigenvalue weighted by molar-refractivity contribution is 5.83. The highest BCUT2D eigenvalue weighted by Crippen LogP contribution is 2.20. The van der Waals surface area contributed by atoms with E-state index in [9.17, 15) is 4.79 Å². The number of hydrogen-bond donors (Lipinski definition) is 0. The second-order valence-corrected chi connectivity index (χ2v) is 6.39. The fourth-order valence-electron chi connectivity index (χ4n) is 2.70. The molecule has 1 unspecified atom stereocenters. The van der Waals surface area contributed by atoms with Gasteiger partial charge in [-0.15, -0.1) is 0 Å². The van der Waals surface area contributed by atoms with E-state index in [1.165, 1.54) is 5.56 Å². The molecule has 0 radical (unpaired) electrons. The van der Waals surface area contributed by atoms with Crippen molar-refractivity contribution in [2.24, 2.45) is 5.92 Å². The van der Waals surface area contributed by atoms with Crippen molar-refractivity contribution in [3.8, 4) is 0 Å². The van der Waals surface area contributed by atoms with Crippen molar-refractivity contribution < 1.29 is 4.79 Å². The number of nitrogens with zero attached hydrogens (tertiary/aromatic N) is 1. The summed E-state index contributed by atoms with van der Waals surface area (Å²) in [5.74, 6) is 0.881. The maximum absolute atomic E-state index is 12.6. The Balaban J connectivity index is 2.76. The van der Waals surface area contributed by atoms with Crippen LogP contribution in [0.15, 0.2) is 24.3 Å². The Bertz CT molecular complexity index is 416. The van der Waals surface area contributed by atoms with Gasteiger partial charge in [0.25, 0.3) is 0 Å². The average Bonchev–Trinajstić information content (AvgIpc) is 2.46. The van der Waals surface area contributed by atoms with Gasteiger partial charge in [0.15, 0.2) is 0 Å². The van der Waals surface area contributed by atoms with Crippen LogP contribution in [-0.4, -0.2) is 23.9 Å². The van der Waals surface area contributed by atoms with Crippen molar-refractivity contribution in [3.05, 3.63) is 35.4 Å². The largest absolute Gasteiger partial charge is 0.342 e. The average molecular weight is 289 g/mol. The van der Waals surface area contributed by atoms with Gasteiger partial charge < -0.3 is 4.90 Å². The van der Waals surface area contributed by atoms with Gasteiger partial charge >= 0.3 is 0 Å². The first kappa shape index (κ1) is 17.7. The van der Waals surface area contributed by atoms with E-state index in [4.69, 9.17) is 0 Å². The highest BCUT2D eigenvalue weighted by Gasteiger charge is 2.20. The molecule has 2 heteroatoms. The molecule has 0 aromatic heterocycles. The van der Waals surface area contributed by atoms with E-state index in [0.29, 0.717) is 5.92 Å². The van der Waals surface area contributed by atoms with Crippen LogP contribution in [0.25, 0.3) is 0 Å². The number of amides is 1. The highest BCUT2D eigenvalue weighted by atomic mass is 16.2. The maximum Gasteiger partial charge on any atom is 0.229 e. The van der Waals surface area contributed by atoms with Gasteiger partial charge in [-0.05, 0) is 43.2 Å². The van der Waals surface area contributed by atoms with E-state index in [2.05, 4.69) is 52.0 Å². The summed E-state index contributed by atoms with van der Waals surface area (Å²) in [6.45, 7) is 12.5. The summed E-state index contributed by atoms with van der Waals surface area (Å²) in [6, 6.07) is 8.58. The third-order valence-electron chi connectivity index (χ3n) is 3.79. The van der Waals surface area contributed by atoms with Gasteiger partial charge in [0.1, 0.15) is 0 Å². The Labute approximate surface area is 130 Å². The normalized spacial score (nSPS) is 12.5. The van der Waals surface area contributed by atoms with Crippen molar-refractivity contribution in [2.45, 2.75) is 59.8 Å². The third-order valence-corrected chi connectivity index (χ3v) is 3.79. The molecule has 0 aliphatic rings. The number of rotatable bonds is 8. The van der Waals surface area contributed by atoms with Gasteiger partial charge in [-0.3, -0.25) is 4.79 Å². The van der Waals surface area contributed by atoms with Gasteiger partial charge in [0.05, 0.1) is 5.92 Å². The lowest BCUT2D eigenvalue weighted by Gasteiger charge is -2.25. The molecule has 0 saturated carbocycles. The first-order chi connectivity index (χ1) is 9.99. The lowest BCUT2D eigenvalue weighted by atomic mass is 9.96. The predicted octanol–water partition coefficient (Wildman–Crippen LogP) is 4.64. The molecule has 0 spiro atoms. The van der Waals surface area contributed by atoms with Crippen LogP contribution in [0.1, 0.15) is 64.5 Å². The predicted molar refractivity (Wildman–Crippen MR) is 90.6 cm³/mol. The molecule has 0 fully saturated rings. The number of hydrogen-bond acceptors (Lipinski definition) is 1. The van der Waals surface area contributed by atoms with E-state index < -0.39 is 0 Å². The molecular weight excluding hydrogens is 258 g/mol. The molecule has 0 N–H and O–H groups in total. The number of carbonyl (C=O) groups excluding carboxylic acids is 1. The molecule has 21 heavy (non-hydrogen) atoms. The number of benzene rings is 1. The fourth-order valence-corrected chi connectivity index (χ4v) is 2.70. The Kier molecular flexibility index (Phi) is 7.49. The van der Waals surface area contributed by atoms with E-state index in [-0.39, 0.29) is 11.8 Å². The molecule has 0 aliphatic carbocycles. The Morgan fingerprint density at radius 3 is 1.95 bits per heavy atom. The van der Waals surface area contributed by atoms with E-state index in [1.54, 1.807) is 0 Å². The van der Waals surface area contributed by atoms with Crippen molar-refractivity contribution in [1.82, 2.24) is 4.90 Å². The zero-order valence-corrected chi connectivity index (χ0v) is 14.4. The second kappa shape index (κ2) is 8.86. The smallest absolute Gasteiger partial charge is 0.229 e. The van der Waals surface area contributed by atoms with Crippen LogP contribution in [0.4, 0.5) is 0 Å². The summed E-state index contributed by atoms with van der Waals surface area (Å²) in [7, 11) is 0. The molecule has 0 saturated heterocycles. The summed E-state index contributed by atoms with van der Waals surface area (Å²) in [4.78, 5) is 14.6. The minimum absolute atomic E-state index is 0.0452. The topological polar surface area (TPSA) is 20.3 Å². The molecular formula is C19H31NO. The first-order valence-corrected chi connectivity index (χ1v) is 8.37. The van der Waals surface area contributed by atoms with Crippen molar-refractivity contribution in [3.63, 3.8) is 0 Å². The third kappa shape index (κ3) is 5.53. The van der Waals surface area contributed by atoms with E-state index in [0.717, 1.165) is 37.9 Å². The quantitative estimate of drug-likeness (QED) is 0.683. The van der Waals surface area contributed by atoms with Gasteiger partial charge in [-0.25, -0.2) is 0 Å². The minimum Gasteiger partial charge on any atom is -0.342 e. The van der Waals surface area contributed by atoms with Crippen molar-refractivity contribution in [1.29, 1.82) is 0 Å². The number of carbonyl (C=O) groups is 1. The molecule has 0 bridgehead atoms. The molecule has 0 heterocycles. The second-order valence-electron chi connectivity index (χ2n) is 6.39. The molecule has 1 aromatic rings. The van der Waals surface area contributed by atoms with Crippen LogP contribution >= 0.6 is 0 Å². The van der Waals surface area contributed by atoms with Crippen LogP contribution in [0.3, 0.4) is 0 Å². The monoisotopic (exact) mass is 289 g/mol. The molecule has 1 amide bonds. The van der Waals surface area contributed by atoms with Crippen LogP contribution in [0, 0.1) is 5.92 Å². The van der Waals surface area contributed by atoms with Crippen molar-refractivity contribution in [2.75, 3.05) is 13.1 Å². The minimum atomic E-state index is -0.0452. The zero-order chi connectivity index (χ0) is 15.8. The Morgan fingerprint density at radius 2 is 1.52 bits per heavy atom. The summed E-state index contributed by atoms with van der Waals surface area (Å²) >= 11 is 0. The SMILES string of the molecule is CCCN(CCC)C(=O)C(C)c1ccc(CC(C)C)cc1. The molecule has 1 aromatic carbocycles. The summed E-state index contributed by atoms with van der Waals surface area (Å²) in [6.07, 6.45) is 3.14. The summed E-state index contributed by atoms with van der Waals surface area (Å²) in [5, 5.41) is 0. The standard InChI is InChI=1S/C19H31NO/c1-6-12-20(13-7-2)19(21)16(5)18-10-8-17(9-11-18)14-15(3)4/h8-11,15-16H,6-7,12-14H2,1-5H3. The fraction of sp³-hybridized carbons (Fsp3) is 0.632. The van der Waals surface area contributed by atoms with Gasteiger partial charge in [0.2, 0.25) is 5.91 Å². The Hall–Kier alpha value is -1.31. The van der Waals surface area contributed by atoms with Crippen molar-refractivity contribution >= 4 is 5.91 Å². The van der Waals surface area contributed by atoms with Crippen LogP contribution in [-0.2, 0) is 11.2 Å². The van der Waals surface area contributed by atoms with Crippen LogP contribution < -0.4 is 0 Å². The lowest BCUT2D eigenvalue weighted by Crippen LogP contribution is -2.35. The van der Waals surface area contributed by atoms with Gasteiger partial charge in [-0.2, -0.15) is 0 Å². The van der Waals surface area contributed by atoms with Crippen LogP contribution in [0.2, 0.25) is 0 Å². The summed E-state index contributed by atoms with van der Waals surface area (Å²) < 4.78 is 0. The van der Waals surface area contributed by atoms with Gasteiger partial charge in [-0.1, -0.05) is 52.0 Å². The maximum atomic E-state index is 12.6. The Morgan fingerprint density at radius 1 is 1.00 bits per heavy atom. The molecule has 0 aliphatic heterocycles. The lowest BCUT2D eigenvalue weighted by molar-refractivity contribution is -0.132. The van der Waals surface area contributed by atoms with Crippen LogP contribution in [0.5, 0.6) is 0 Å². The van der Waals surface area contributed by atoms with E-state index in [1.807, 2.05) is 11.8 Å². The molecule has 1 rings (SSSR count). The zero-order valence-electron chi connectivity index (χ0n) is 14.4. The molecule has 1 atom stereocenters. The van der Waals surface area contributed by atoms with E-state index >= 15 is 0 Å². The molecule has 2 nitrogen and oxygen atoms in total. The van der Waals surface area contributed by atoms with Gasteiger partial charge in [0, 0.05) is 13.1 Å². The molecule has 118 valence electrons. The first-order valence-electron chi connectivity index (χ1n) is 8.37.